The van der Waals surface area contributed by atoms with Crippen LogP contribution in [0.15, 0.2) is 48.5 Å². The first kappa shape index (κ1) is 16.8. The van der Waals surface area contributed by atoms with Gasteiger partial charge in [0.2, 0.25) is 5.91 Å². The van der Waals surface area contributed by atoms with Crippen molar-refractivity contribution >= 4 is 23.4 Å². The van der Waals surface area contributed by atoms with Gasteiger partial charge >= 0.3 is 0 Å². The molecule has 120 valence electrons. The van der Waals surface area contributed by atoms with Crippen LogP contribution in [0.3, 0.4) is 0 Å². The van der Waals surface area contributed by atoms with Crippen LogP contribution >= 0.6 is 11.6 Å². The Morgan fingerprint density at radius 3 is 2.26 bits per heavy atom. The SMILES string of the molecule is CCOc1ccc(CC(=O)NNC(=O)c2ccc(Cl)cc2)cc1. The van der Waals surface area contributed by atoms with E-state index in [-0.39, 0.29) is 12.3 Å². The van der Waals surface area contributed by atoms with Crippen molar-refractivity contribution in [1.29, 1.82) is 0 Å². The summed E-state index contributed by atoms with van der Waals surface area (Å²) in [5.74, 6) is 0.0471. The molecule has 6 heteroatoms. The number of hydrogen-bond acceptors (Lipinski definition) is 3. The largest absolute Gasteiger partial charge is 0.494 e. The fourth-order valence-electron chi connectivity index (χ4n) is 1.90. The summed E-state index contributed by atoms with van der Waals surface area (Å²) in [5.41, 5.74) is 5.98. The molecule has 0 spiro atoms. The first-order valence-corrected chi connectivity index (χ1v) is 7.52. The van der Waals surface area contributed by atoms with Crippen LogP contribution in [0.1, 0.15) is 22.8 Å². The molecular formula is C17H17ClN2O3. The van der Waals surface area contributed by atoms with E-state index in [1.54, 1.807) is 36.4 Å². The molecule has 23 heavy (non-hydrogen) atoms. The fourth-order valence-corrected chi connectivity index (χ4v) is 2.03. The van der Waals surface area contributed by atoms with Gasteiger partial charge in [-0.1, -0.05) is 23.7 Å². The molecule has 2 aromatic rings. The molecule has 0 atom stereocenters. The monoisotopic (exact) mass is 332 g/mol. The second kappa shape index (κ2) is 8.19. The summed E-state index contributed by atoms with van der Waals surface area (Å²) in [5, 5.41) is 0.543. The van der Waals surface area contributed by atoms with Crippen LogP contribution in [0.2, 0.25) is 5.02 Å². The summed E-state index contributed by atoms with van der Waals surface area (Å²) in [6.45, 7) is 2.50. The smallest absolute Gasteiger partial charge is 0.269 e. The van der Waals surface area contributed by atoms with Gasteiger partial charge in [0, 0.05) is 10.6 Å². The van der Waals surface area contributed by atoms with E-state index >= 15 is 0 Å². The van der Waals surface area contributed by atoms with Crippen molar-refractivity contribution < 1.29 is 14.3 Å². The number of carbonyl (C=O) groups excluding carboxylic acids is 2. The zero-order valence-corrected chi connectivity index (χ0v) is 13.4. The van der Waals surface area contributed by atoms with Crippen molar-refractivity contribution in [3.05, 3.63) is 64.7 Å². The van der Waals surface area contributed by atoms with E-state index in [1.165, 1.54) is 0 Å². The zero-order chi connectivity index (χ0) is 16.7. The Balaban J connectivity index is 1.82. The summed E-state index contributed by atoms with van der Waals surface area (Å²) in [4.78, 5) is 23.7. The first-order chi connectivity index (χ1) is 11.1. The average Bonchev–Trinajstić information content (AvgIpc) is 2.55. The molecule has 0 saturated carbocycles. The number of nitrogens with one attached hydrogen (secondary N) is 2. The van der Waals surface area contributed by atoms with Gasteiger partial charge in [0.1, 0.15) is 5.75 Å². The van der Waals surface area contributed by atoms with E-state index in [9.17, 15) is 9.59 Å². The standard InChI is InChI=1S/C17H17ClN2O3/c1-2-23-15-9-3-12(4-10-15)11-16(21)19-20-17(22)13-5-7-14(18)8-6-13/h3-10H,2,11H2,1H3,(H,19,21)(H,20,22). The van der Waals surface area contributed by atoms with Crippen molar-refractivity contribution in [3.8, 4) is 5.75 Å². The minimum absolute atomic E-state index is 0.160. The Morgan fingerprint density at radius 2 is 1.65 bits per heavy atom. The second-order valence-corrected chi connectivity index (χ2v) is 5.20. The first-order valence-electron chi connectivity index (χ1n) is 7.15. The van der Waals surface area contributed by atoms with Crippen molar-refractivity contribution in [2.24, 2.45) is 0 Å². The summed E-state index contributed by atoms with van der Waals surface area (Å²) in [6.07, 6.45) is 0.160. The summed E-state index contributed by atoms with van der Waals surface area (Å²) in [7, 11) is 0. The molecular weight excluding hydrogens is 316 g/mol. The molecule has 2 rings (SSSR count). The van der Waals surface area contributed by atoms with Crippen molar-refractivity contribution in [1.82, 2.24) is 10.9 Å². The minimum atomic E-state index is -0.401. The van der Waals surface area contributed by atoms with E-state index in [1.807, 2.05) is 19.1 Å². The average molecular weight is 333 g/mol. The Labute approximate surface area is 139 Å². The Morgan fingerprint density at radius 1 is 1.00 bits per heavy atom. The van der Waals surface area contributed by atoms with E-state index in [4.69, 9.17) is 16.3 Å². The third-order valence-electron chi connectivity index (χ3n) is 3.02. The highest BCUT2D eigenvalue weighted by Crippen LogP contribution is 2.12. The number of hydrogen-bond donors (Lipinski definition) is 2. The number of amides is 2. The Kier molecular flexibility index (Phi) is 6.00. The van der Waals surface area contributed by atoms with Crippen molar-refractivity contribution in [2.75, 3.05) is 6.61 Å². The van der Waals surface area contributed by atoms with E-state index in [2.05, 4.69) is 10.9 Å². The maximum absolute atomic E-state index is 11.8. The highest BCUT2D eigenvalue weighted by molar-refractivity contribution is 6.30. The number of carbonyl (C=O) groups is 2. The van der Waals surface area contributed by atoms with Crippen molar-refractivity contribution in [3.63, 3.8) is 0 Å². The summed E-state index contributed by atoms with van der Waals surface area (Å²) >= 11 is 5.75. The van der Waals surface area contributed by atoms with Crippen LogP contribution in [0.4, 0.5) is 0 Å². The molecule has 2 aromatic carbocycles. The molecule has 0 aliphatic heterocycles. The van der Waals surface area contributed by atoms with Gasteiger partial charge in [-0.2, -0.15) is 0 Å². The lowest BCUT2D eigenvalue weighted by Crippen LogP contribution is -2.42. The Hall–Kier alpha value is -2.53. The number of rotatable bonds is 5. The molecule has 0 radical (unpaired) electrons. The van der Waals surface area contributed by atoms with Gasteiger partial charge < -0.3 is 4.74 Å². The highest BCUT2D eigenvalue weighted by atomic mass is 35.5. The van der Waals surface area contributed by atoms with Crippen LogP contribution in [-0.2, 0) is 11.2 Å². The number of hydrazine groups is 1. The molecule has 0 fully saturated rings. The van der Waals surface area contributed by atoms with Crippen molar-refractivity contribution in [2.45, 2.75) is 13.3 Å². The molecule has 2 N–H and O–H groups in total. The summed E-state index contributed by atoms with van der Waals surface area (Å²) in [6, 6.07) is 13.6. The van der Waals surface area contributed by atoms with Gasteiger partial charge in [0.05, 0.1) is 13.0 Å². The van der Waals surface area contributed by atoms with E-state index < -0.39 is 5.91 Å². The molecule has 0 aromatic heterocycles. The van der Waals surface area contributed by atoms with E-state index in [0.29, 0.717) is 17.2 Å². The molecule has 2 amide bonds. The maximum Gasteiger partial charge on any atom is 0.269 e. The molecule has 0 saturated heterocycles. The zero-order valence-electron chi connectivity index (χ0n) is 12.6. The van der Waals surface area contributed by atoms with Crippen LogP contribution in [0.5, 0.6) is 5.75 Å². The van der Waals surface area contributed by atoms with Gasteiger partial charge in [-0.3, -0.25) is 20.4 Å². The fraction of sp³-hybridized carbons (Fsp3) is 0.176. The molecule has 0 unspecified atom stereocenters. The lowest BCUT2D eigenvalue weighted by molar-refractivity contribution is -0.121. The Bertz CT molecular complexity index is 669. The number of halogens is 1. The van der Waals surface area contributed by atoms with Gasteiger partial charge in [-0.25, -0.2) is 0 Å². The van der Waals surface area contributed by atoms with Gasteiger partial charge in [-0.15, -0.1) is 0 Å². The quantitative estimate of drug-likeness (QED) is 0.827. The normalized spacial score (nSPS) is 10.0. The third-order valence-corrected chi connectivity index (χ3v) is 3.27. The lowest BCUT2D eigenvalue weighted by Gasteiger charge is -2.08. The predicted molar refractivity (Wildman–Crippen MR) is 88.4 cm³/mol. The molecule has 0 heterocycles. The third kappa shape index (κ3) is 5.30. The number of benzene rings is 2. The molecule has 0 bridgehead atoms. The van der Waals surface area contributed by atoms with Crippen LogP contribution < -0.4 is 15.6 Å². The molecule has 0 aliphatic carbocycles. The van der Waals surface area contributed by atoms with Crippen LogP contribution in [0.25, 0.3) is 0 Å². The minimum Gasteiger partial charge on any atom is -0.494 e. The summed E-state index contributed by atoms with van der Waals surface area (Å²) < 4.78 is 5.34. The second-order valence-electron chi connectivity index (χ2n) is 4.76. The van der Waals surface area contributed by atoms with Crippen LogP contribution in [-0.4, -0.2) is 18.4 Å². The molecule has 5 nitrogen and oxygen atoms in total. The van der Waals surface area contributed by atoms with Gasteiger partial charge in [0.25, 0.3) is 5.91 Å². The topological polar surface area (TPSA) is 67.4 Å². The lowest BCUT2D eigenvalue weighted by atomic mass is 10.1. The number of ether oxygens (including phenoxy) is 1. The molecule has 0 aliphatic rings. The van der Waals surface area contributed by atoms with E-state index in [0.717, 1.165) is 11.3 Å². The highest BCUT2D eigenvalue weighted by Gasteiger charge is 2.08. The van der Waals surface area contributed by atoms with Gasteiger partial charge in [-0.05, 0) is 48.9 Å². The maximum atomic E-state index is 11.8. The van der Waals surface area contributed by atoms with Crippen LogP contribution in [0, 0.1) is 0 Å². The predicted octanol–water partition coefficient (Wildman–Crippen LogP) is 2.74. The van der Waals surface area contributed by atoms with Gasteiger partial charge in [0.15, 0.2) is 0 Å².